The highest BCUT2D eigenvalue weighted by molar-refractivity contribution is 5.78. The van der Waals surface area contributed by atoms with Gasteiger partial charge < -0.3 is 9.64 Å². The number of methoxy groups -OCH3 is 1. The molecule has 0 N–H and O–H groups in total. The van der Waals surface area contributed by atoms with Crippen molar-refractivity contribution in [1.29, 1.82) is 0 Å². The fourth-order valence-electron chi connectivity index (χ4n) is 3.52. The molecular weight excluding hydrogens is 316 g/mol. The molecule has 2 aromatic heterocycles. The van der Waals surface area contributed by atoms with Crippen LogP contribution in [0.3, 0.4) is 0 Å². The summed E-state index contributed by atoms with van der Waals surface area (Å²) in [6.07, 6.45) is 6.80. The van der Waals surface area contributed by atoms with E-state index >= 15 is 0 Å². The molecule has 0 aromatic carbocycles. The third-order valence-electron chi connectivity index (χ3n) is 4.98. The van der Waals surface area contributed by atoms with Crippen molar-refractivity contribution in [3.8, 4) is 0 Å². The van der Waals surface area contributed by atoms with E-state index in [1.165, 1.54) is 12.8 Å². The van der Waals surface area contributed by atoms with E-state index in [1.807, 2.05) is 23.1 Å². The Morgan fingerprint density at radius 1 is 1.36 bits per heavy atom. The summed E-state index contributed by atoms with van der Waals surface area (Å²) in [5.74, 6) is 1.03. The molecule has 132 valence electrons. The minimum atomic E-state index is 0.111. The van der Waals surface area contributed by atoms with Crippen LogP contribution in [-0.2, 0) is 29.0 Å². The van der Waals surface area contributed by atoms with Gasteiger partial charge in [0, 0.05) is 56.3 Å². The highest BCUT2D eigenvalue weighted by atomic mass is 16.5. The Balaban J connectivity index is 1.50. The average Bonchev–Trinajstić information content (AvgIpc) is 3.32. The lowest BCUT2D eigenvalue weighted by molar-refractivity contribution is -0.132. The summed E-state index contributed by atoms with van der Waals surface area (Å²) >= 11 is 0. The summed E-state index contributed by atoms with van der Waals surface area (Å²) in [4.78, 5) is 18.9. The number of fused-ring (bicyclic) bond motifs is 1. The Hall–Kier alpha value is -2.21. The van der Waals surface area contributed by atoms with Crippen molar-refractivity contribution >= 4 is 5.91 Å². The molecule has 1 aliphatic carbocycles. The van der Waals surface area contributed by atoms with Gasteiger partial charge in [-0.1, -0.05) is 6.07 Å². The summed E-state index contributed by atoms with van der Waals surface area (Å²) in [5, 5.41) is 4.80. The second-order valence-corrected chi connectivity index (χ2v) is 7.13. The zero-order valence-electron chi connectivity index (χ0n) is 14.6. The van der Waals surface area contributed by atoms with E-state index in [0.29, 0.717) is 26.1 Å². The summed E-state index contributed by atoms with van der Waals surface area (Å²) < 4.78 is 7.45. The molecule has 1 saturated carbocycles. The first-order valence-corrected chi connectivity index (χ1v) is 8.95. The van der Waals surface area contributed by atoms with Crippen LogP contribution in [0.15, 0.2) is 30.6 Å². The van der Waals surface area contributed by atoms with Crippen molar-refractivity contribution in [2.24, 2.45) is 5.92 Å². The maximum Gasteiger partial charge on any atom is 0.228 e. The molecule has 2 aromatic rings. The molecule has 1 atom stereocenters. The van der Waals surface area contributed by atoms with E-state index in [4.69, 9.17) is 9.84 Å². The molecule has 3 heterocycles. The Morgan fingerprint density at radius 2 is 2.24 bits per heavy atom. The lowest BCUT2D eigenvalue weighted by Gasteiger charge is -2.31. The number of carbonyl (C=O) groups is 1. The first-order chi connectivity index (χ1) is 12.2. The highest BCUT2D eigenvalue weighted by Gasteiger charge is 2.32. The fourth-order valence-corrected chi connectivity index (χ4v) is 3.52. The van der Waals surface area contributed by atoms with E-state index in [-0.39, 0.29) is 11.8 Å². The maximum atomic E-state index is 12.7. The summed E-state index contributed by atoms with van der Waals surface area (Å²) in [7, 11) is 1.70. The van der Waals surface area contributed by atoms with Crippen LogP contribution in [0.1, 0.15) is 35.7 Å². The van der Waals surface area contributed by atoms with E-state index in [9.17, 15) is 4.79 Å². The smallest absolute Gasteiger partial charge is 0.228 e. The van der Waals surface area contributed by atoms with Gasteiger partial charge in [0.1, 0.15) is 0 Å². The number of hydrogen-bond acceptors (Lipinski definition) is 4. The monoisotopic (exact) mass is 340 g/mol. The molecule has 0 radical (unpaired) electrons. The molecule has 0 bridgehead atoms. The minimum Gasteiger partial charge on any atom is -0.384 e. The maximum absolute atomic E-state index is 12.7. The van der Waals surface area contributed by atoms with Gasteiger partial charge in [-0.05, 0) is 30.9 Å². The van der Waals surface area contributed by atoms with Gasteiger partial charge in [-0.15, -0.1) is 0 Å². The van der Waals surface area contributed by atoms with Crippen molar-refractivity contribution in [3.05, 3.63) is 47.5 Å². The van der Waals surface area contributed by atoms with Gasteiger partial charge in [-0.2, -0.15) is 5.10 Å². The van der Waals surface area contributed by atoms with Crippen molar-refractivity contribution in [3.63, 3.8) is 0 Å². The van der Waals surface area contributed by atoms with Gasteiger partial charge in [0.05, 0.1) is 18.7 Å². The molecule has 2 aliphatic rings. The Bertz CT molecular complexity index is 739. The molecule has 1 aliphatic heterocycles. The Kier molecular flexibility index (Phi) is 4.53. The van der Waals surface area contributed by atoms with Crippen LogP contribution in [0.4, 0.5) is 0 Å². The first kappa shape index (κ1) is 16.3. The van der Waals surface area contributed by atoms with Crippen molar-refractivity contribution in [2.45, 2.75) is 38.3 Å². The normalized spacial score (nSPS) is 19.7. The largest absolute Gasteiger partial charge is 0.384 e. The van der Waals surface area contributed by atoms with Crippen LogP contribution in [0.2, 0.25) is 0 Å². The number of pyridine rings is 1. The summed E-state index contributed by atoms with van der Waals surface area (Å²) in [5.41, 5.74) is 3.07. The fraction of sp³-hybridized carbons (Fsp3) is 0.526. The topological polar surface area (TPSA) is 60.2 Å². The molecule has 0 saturated heterocycles. The van der Waals surface area contributed by atoms with Crippen LogP contribution in [0.25, 0.3) is 0 Å². The summed E-state index contributed by atoms with van der Waals surface area (Å²) in [6.45, 7) is 2.87. The SMILES string of the molecule is COC[C@@H]1CN(C(=O)Cc2ccccn2)Cc2cn(CC3CC3)nc21. The second-order valence-electron chi connectivity index (χ2n) is 7.13. The number of amides is 1. The zero-order valence-corrected chi connectivity index (χ0v) is 14.6. The molecule has 4 rings (SSSR count). The van der Waals surface area contributed by atoms with Crippen LogP contribution < -0.4 is 0 Å². The number of ether oxygens (including phenoxy) is 1. The molecular formula is C19H24N4O2. The first-order valence-electron chi connectivity index (χ1n) is 8.95. The lowest BCUT2D eigenvalue weighted by Crippen LogP contribution is -2.40. The second kappa shape index (κ2) is 6.96. The number of carbonyl (C=O) groups excluding carboxylic acids is 1. The lowest BCUT2D eigenvalue weighted by atomic mass is 9.97. The number of nitrogens with zero attached hydrogens (tertiary/aromatic N) is 4. The van der Waals surface area contributed by atoms with Gasteiger partial charge >= 0.3 is 0 Å². The van der Waals surface area contributed by atoms with Crippen molar-refractivity contribution < 1.29 is 9.53 Å². The van der Waals surface area contributed by atoms with Gasteiger partial charge in [0.15, 0.2) is 0 Å². The zero-order chi connectivity index (χ0) is 17.2. The standard InChI is InChI=1S/C19H24N4O2/c1-25-13-16-11-22(18(24)8-17-4-2-3-7-20-17)10-15-12-23(21-19(15)16)9-14-5-6-14/h2-4,7,12,14,16H,5-6,8-11,13H2,1H3/t16-/m0/s1. The molecule has 6 nitrogen and oxygen atoms in total. The predicted octanol–water partition coefficient (Wildman–Crippen LogP) is 2.00. The molecule has 0 spiro atoms. The van der Waals surface area contributed by atoms with Gasteiger partial charge in [-0.25, -0.2) is 0 Å². The molecule has 25 heavy (non-hydrogen) atoms. The molecule has 1 fully saturated rings. The number of rotatable bonds is 6. The van der Waals surface area contributed by atoms with Crippen molar-refractivity contribution in [1.82, 2.24) is 19.7 Å². The van der Waals surface area contributed by atoms with Gasteiger partial charge in [-0.3, -0.25) is 14.5 Å². The molecule has 6 heteroatoms. The van der Waals surface area contributed by atoms with Crippen LogP contribution >= 0.6 is 0 Å². The Morgan fingerprint density at radius 3 is 2.96 bits per heavy atom. The number of aromatic nitrogens is 3. The van der Waals surface area contributed by atoms with Crippen molar-refractivity contribution in [2.75, 3.05) is 20.3 Å². The Labute approximate surface area is 147 Å². The van der Waals surface area contributed by atoms with Gasteiger partial charge in [0.2, 0.25) is 5.91 Å². The average molecular weight is 340 g/mol. The van der Waals surface area contributed by atoms with Crippen LogP contribution in [-0.4, -0.2) is 45.8 Å². The minimum absolute atomic E-state index is 0.111. The highest BCUT2D eigenvalue weighted by Crippen LogP contribution is 2.32. The van der Waals surface area contributed by atoms with E-state index in [1.54, 1.807) is 13.3 Å². The molecule has 0 unspecified atom stereocenters. The molecule has 1 amide bonds. The van der Waals surface area contributed by atoms with E-state index in [0.717, 1.165) is 29.4 Å². The van der Waals surface area contributed by atoms with Crippen LogP contribution in [0.5, 0.6) is 0 Å². The van der Waals surface area contributed by atoms with E-state index in [2.05, 4.69) is 15.9 Å². The van der Waals surface area contributed by atoms with Crippen LogP contribution in [0, 0.1) is 5.92 Å². The predicted molar refractivity (Wildman–Crippen MR) is 92.9 cm³/mol. The van der Waals surface area contributed by atoms with Gasteiger partial charge in [0.25, 0.3) is 0 Å². The third kappa shape index (κ3) is 3.74. The number of hydrogen-bond donors (Lipinski definition) is 0. The third-order valence-corrected chi connectivity index (χ3v) is 4.98. The summed E-state index contributed by atoms with van der Waals surface area (Å²) in [6, 6.07) is 5.68. The quantitative estimate of drug-likeness (QED) is 0.807. The van der Waals surface area contributed by atoms with E-state index < -0.39 is 0 Å².